The number of carboxylic acid groups (broad SMARTS) is 1. The van der Waals surface area contributed by atoms with Crippen molar-refractivity contribution >= 4 is 5.97 Å². The fourth-order valence-electron chi connectivity index (χ4n) is 1.33. The highest BCUT2D eigenvalue weighted by Gasteiger charge is 2.07. The largest absolute Gasteiger partial charge is 0.478 e. The third kappa shape index (κ3) is 7.14. The molecular weight excluding hydrogens is 192 g/mol. The molecule has 1 N–H and O–H groups in total. The molecule has 15 heavy (non-hydrogen) atoms. The molecule has 0 aliphatic heterocycles. The number of hydrogen-bond donors (Lipinski definition) is 1. The summed E-state index contributed by atoms with van der Waals surface area (Å²) in [7, 11) is 0. The summed E-state index contributed by atoms with van der Waals surface area (Å²) in [6, 6.07) is 0. The first-order valence-corrected chi connectivity index (χ1v) is 5.63. The van der Waals surface area contributed by atoms with Gasteiger partial charge in [-0.05, 0) is 26.7 Å². The van der Waals surface area contributed by atoms with Gasteiger partial charge in [0.25, 0.3) is 0 Å². The summed E-state index contributed by atoms with van der Waals surface area (Å²) in [6.07, 6.45) is 5.90. The second kappa shape index (κ2) is 8.48. The van der Waals surface area contributed by atoms with Gasteiger partial charge in [0.15, 0.2) is 0 Å². The van der Waals surface area contributed by atoms with Gasteiger partial charge in [-0.3, -0.25) is 0 Å². The van der Waals surface area contributed by atoms with Crippen molar-refractivity contribution in [1.82, 2.24) is 0 Å². The van der Waals surface area contributed by atoms with Gasteiger partial charge in [-0.25, -0.2) is 4.79 Å². The van der Waals surface area contributed by atoms with Crippen LogP contribution in [0.15, 0.2) is 11.6 Å². The first kappa shape index (κ1) is 14.2. The van der Waals surface area contributed by atoms with Gasteiger partial charge in [0.05, 0.1) is 6.10 Å². The highest BCUT2D eigenvalue weighted by atomic mass is 16.5. The van der Waals surface area contributed by atoms with E-state index in [1.165, 1.54) is 0 Å². The molecule has 0 aromatic heterocycles. The van der Waals surface area contributed by atoms with E-state index in [-0.39, 0.29) is 6.10 Å². The lowest BCUT2D eigenvalue weighted by Gasteiger charge is -2.14. The van der Waals surface area contributed by atoms with E-state index in [0.717, 1.165) is 19.3 Å². The molecule has 1 unspecified atom stereocenters. The summed E-state index contributed by atoms with van der Waals surface area (Å²) >= 11 is 0. The number of carbonyl (C=O) groups is 1. The Hall–Kier alpha value is -0.830. The minimum atomic E-state index is -0.847. The summed E-state index contributed by atoms with van der Waals surface area (Å²) in [5.74, 6) is -0.847. The van der Waals surface area contributed by atoms with Crippen LogP contribution in [0, 0.1) is 0 Å². The summed E-state index contributed by atoms with van der Waals surface area (Å²) in [4.78, 5) is 10.6. The molecule has 3 heteroatoms. The number of rotatable bonds is 8. The van der Waals surface area contributed by atoms with Crippen LogP contribution in [0.1, 0.15) is 46.5 Å². The van der Waals surface area contributed by atoms with Crippen molar-refractivity contribution in [2.45, 2.75) is 52.6 Å². The smallest absolute Gasteiger partial charge is 0.330 e. The molecular formula is C12H22O3. The zero-order valence-corrected chi connectivity index (χ0v) is 9.95. The van der Waals surface area contributed by atoms with Crippen molar-refractivity contribution in [2.75, 3.05) is 6.61 Å². The van der Waals surface area contributed by atoms with Crippen LogP contribution in [0.4, 0.5) is 0 Å². The number of aliphatic carboxylic acids is 1. The second-order valence-corrected chi connectivity index (χ2v) is 3.65. The summed E-state index contributed by atoms with van der Waals surface area (Å²) in [6.45, 7) is 6.41. The van der Waals surface area contributed by atoms with Crippen molar-refractivity contribution in [2.24, 2.45) is 0 Å². The average molecular weight is 214 g/mol. The van der Waals surface area contributed by atoms with E-state index in [1.807, 2.05) is 6.92 Å². The molecule has 0 radical (unpaired) electrons. The maximum Gasteiger partial charge on any atom is 0.330 e. The van der Waals surface area contributed by atoms with Gasteiger partial charge in [-0.1, -0.05) is 25.8 Å². The third-order valence-electron chi connectivity index (χ3n) is 2.31. The zero-order chi connectivity index (χ0) is 11.7. The lowest BCUT2D eigenvalue weighted by Crippen LogP contribution is -2.12. The quantitative estimate of drug-likeness (QED) is 0.632. The van der Waals surface area contributed by atoms with E-state index in [0.29, 0.717) is 18.6 Å². The maximum absolute atomic E-state index is 10.6. The van der Waals surface area contributed by atoms with Crippen LogP contribution in [-0.2, 0) is 9.53 Å². The Morgan fingerprint density at radius 2 is 2.13 bits per heavy atom. The van der Waals surface area contributed by atoms with E-state index in [9.17, 15) is 4.79 Å². The topological polar surface area (TPSA) is 46.5 Å². The highest BCUT2D eigenvalue weighted by molar-refractivity contribution is 5.85. The molecule has 0 rings (SSSR count). The second-order valence-electron chi connectivity index (χ2n) is 3.65. The van der Waals surface area contributed by atoms with Crippen molar-refractivity contribution < 1.29 is 14.6 Å². The highest BCUT2D eigenvalue weighted by Crippen LogP contribution is 2.11. The molecule has 0 amide bonds. The lowest BCUT2D eigenvalue weighted by molar-refractivity contribution is -0.132. The van der Waals surface area contributed by atoms with E-state index in [2.05, 4.69) is 6.92 Å². The number of hydrogen-bond acceptors (Lipinski definition) is 2. The SMILES string of the molecule is CCCCC(CC=C(C)C(=O)O)OCC. The molecule has 0 spiro atoms. The Morgan fingerprint density at radius 3 is 2.60 bits per heavy atom. The Morgan fingerprint density at radius 1 is 1.47 bits per heavy atom. The van der Waals surface area contributed by atoms with E-state index >= 15 is 0 Å². The Labute approximate surface area is 92.1 Å². The van der Waals surface area contributed by atoms with Gasteiger partial charge < -0.3 is 9.84 Å². The molecule has 1 atom stereocenters. The van der Waals surface area contributed by atoms with Crippen LogP contribution < -0.4 is 0 Å². The molecule has 0 saturated heterocycles. The predicted octanol–water partition coefficient (Wildman–Crippen LogP) is 3.00. The fraction of sp³-hybridized carbons (Fsp3) is 0.750. The van der Waals surface area contributed by atoms with Crippen LogP contribution in [-0.4, -0.2) is 23.8 Å². The van der Waals surface area contributed by atoms with Gasteiger partial charge in [-0.15, -0.1) is 0 Å². The van der Waals surface area contributed by atoms with E-state index in [1.54, 1.807) is 13.0 Å². The standard InChI is InChI=1S/C12H22O3/c1-4-6-7-11(15-5-2)9-8-10(3)12(13)14/h8,11H,4-7,9H2,1-3H3,(H,13,14). The normalized spacial score (nSPS) is 13.9. The monoisotopic (exact) mass is 214 g/mol. The van der Waals surface area contributed by atoms with Crippen molar-refractivity contribution in [3.63, 3.8) is 0 Å². The van der Waals surface area contributed by atoms with Crippen molar-refractivity contribution in [3.8, 4) is 0 Å². The van der Waals surface area contributed by atoms with Gasteiger partial charge in [0.1, 0.15) is 0 Å². The predicted molar refractivity (Wildman–Crippen MR) is 60.9 cm³/mol. The van der Waals surface area contributed by atoms with Crippen LogP contribution in [0.25, 0.3) is 0 Å². The molecule has 0 bridgehead atoms. The maximum atomic E-state index is 10.6. The number of ether oxygens (including phenoxy) is 1. The molecule has 88 valence electrons. The van der Waals surface area contributed by atoms with Crippen LogP contribution >= 0.6 is 0 Å². The summed E-state index contributed by atoms with van der Waals surface area (Å²) in [5, 5.41) is 8.69. The molecule has 0 aromatic rings. The Kier molecular flexibility index (Phi) is 8.01. The molecule has 0 aliphatic carbocycles. The van der Waals surface area contributed by atoms with Crippen molar-refractivity contribution in [1.29, 1.82) is 0 Å². The van der Waals surface area contributed by atoms with Crippen molar-refractivity contribution in [3.05, 3.63) is 11.6 Å². The molecule has 0 heterocycles. The van der Waals surface area contributed by atoms with Gasteiger partial charge in [0.2, 0.25) is 0 Å². The first-order chi connectivity index (χ1) is 7.11. The minimum absolute atomic E-state index is 0.171. The van der Waals surface area contributed by atoms with Gasteiger partial charge in [0, 0.05) is 12.2 Å². The average Bonchev–Trinajstić information content (AvgIpc) is 2.21. The molecule has 0 saturated carbocycles. The van der Waals surface area contributed by atoms with Crippen LogP contribution in [0.5, 0.6) is 0 Å². The molecule has 3 nitrogen and oxygen atoms in total. The van der Waals surface area contributed by atoms with Gasteiger partial charge >= 0.3 is 5.97 Å². The minimum Gasteiger partial charge on any atom is -0.478 e. The fourth-order valence-corrected chi connectivity index (χ4v) is 1.33. The molecule has 0 aliphatic rings. The number of carboxylic acids is 1. The Balaban J connectivity index is 4.04. The summed E-state index contributed by atoms with van der Waals surface area (Å²) in [5.41, 5.74) is 0.399. The zero-order valence-electron chi connectivity index (χ0n) is 9.95. The van der Waals surface area contributed by atoms with Crippen LogP contribution in [0.3, 0.4) is 0 Å². The Bertz CT molecular complexity index is 209. The van der Waals surface area contributed by atoms with Gasteiger partial charge in [-0.2, -0.15) is 0 Å². The molecule has 0 fully saturated rings. The van der Waals surface area contributed by atoms with Crippen LogP contribution in [0.2, 0.25) is 0 Å². The van der Waals surface area contributed by atoms with E-state index in [4.69, 9.17) is 9.84 Å². The first-order valence-electron chi connectivity index (χ1n) is 5.63. The third-order valence-corrected chi connectivity index (χ3v) is 2.31. The summed E-state index contributed by atoms with van der Waals surface area (Å²) < 4.78 is 5.54. The molecule has 0 aromatic carbocycles. The van der Waals surface area contributed by atoms with E-state index < -0.39 is 5.97 Å². The lowest BCUT2D eigenvalue weighted by atomic mass is 10.1. The number of unbranched alkanes of at least 4 members (excludes halogenated alkanes) is 1.